The van der Waals surface area contributed by atoms with E-state index in [0.717, 1.165) is 61.0 Å². The molecule has 1 aliphatic carbocycles. The van der Waals surface area contributed by atoms with Gasteiger partial charge in [-0.1, -0.05) is 49.7 Å². The maximum atomic E-state index is 15.9. The summed E-state index contributed by atoms with van der Waals surface area (Å²) in [6.07, 6.45) is 7.60. The smallest absolute Gasteiger partial charge is 0.257 e. The zero-order valence-electron chi connectivity index (χ0n) is 26.0. The second-order valence-corrected chi connectivity index (χ2v) is 12.6. The number of aryl methyl sites for hydroxylation is 1. The van der Waals surface area contributed by atoms with E-state index in [4.69, 9.17) is 4.74 Å². The van der Waals surface area contributed by atoms with Crippen LogP contribution in [0.25, 0.3) is 28.2 Å². The fourth-order valence-electron chi connectivity index (χ4n) is 6.37. The Bertz CT molecular complexity index is 1820. The highest BCUT2D eigenvalue weighted by molar-refractivity contribution is 5.80. The molecule has 2 N–H and O–H groups in total. The van der Waals surface area contributed by atoms with Gasteiger partial charge in [-0.3, -0.25) is 9.36 Å². The van der Waals surface area contributed by atoms with Crippen molar-refractivity contribution in [2.75, 3.05) is 6.61 Å². The molecule has 45 heavy (non-hydrogen) atoms. The molecule has 10 nitrogen and oxygen atoms in total. The number of fused-ring (bicyclic) bond motifs is 1. The maximum absolute atomic E-state index is 15.9. The van der Waals surface area contributed by atoms with E-state index in [2.05, 4.69) is 32.6 Å². The normalized spacial score (nSPS) is 17.3. The molecule has 1 saturated carbocycles. The number of hydrogen-bond donors (Lipinski definition) is 2. The van der Waals surface area contributed by atoms with Crippen molar-refractivity contribution in [3.63, 3.8) is 0 Å². The van der Waals surface area contributed by atoms with E-state index in [-0.39, 0.29) is 36.5 Å². The number of aromatic nitrogens is 7. The SMILES string of the molecule is CCCCc1c(Cc2ccc(-c3ccccc3-c3nn[nH]n3)cc2F)c(=O)n(C2CCC(OCC(C)(C)O)CC2)c2ccnn12. The summed E-state index contributed by atoms with van der Waals surface area (Å²) in [4.78, 5) is 14.4. The Hall–Kier alpha value is -4.22. The Kier molecular flexibility index (Phi) is 8.91. The van der Waals surface area contributed by atoms with Crippen LogP contribution in [0.3, 0.4) is 0 Å². The van der Waals surface area contributed by atoms with Gasteiger partial charge in [0.2, 0.25) is 5.82 Å². The molecule has 0 amide bonds. The topological polar surface area (TPSA) is 123 Å². The molecule has 0 unspecified atom stereocenters. The van der Waals surface area contributed by atoms with Crippen molar-refractivity contribution in [2.24, 2.45) is 0 Å². The second-order valence-electron chi connectivity index (χ2n) is 12.6. The molecule has 0 bridgehead atoms. The fourth-order valence-corrected chi connectivity index (χ4v) is 6.37. The zero-order valence-corrected chi connectivity index (χ0v) is 26.0. The van der Waals surface area contributed by atoms with E-state index in [0.29, 0.717) is 28.9 Å². The maximum Gasteiger partial charge on any atom is 0.257 e. The van der Waals surface area contributed by atoms with Crippen molar-refractivity contribution in [1.82, 2.24) is 34.8 Å². The van der Waals surface area contributed by atoms with Crippen LogP contribution >= 0.6 is 0 Å². The number of rotatable bonds is 11. The third kappa shape index (κ3) is 6.60. The molecule has 5 aromatic rings. The molecule has 6 rings (SSSR count). The number of nitrogens with one attached hydrogen (secondary N) is 1. The molecular formula is C34H40FN7O3. The minimum absolute atomic E-state index is 0.0217. The number of halogens is 1. The van der Waals surface area contributed by atoms with E-state index >= 15 is 4.39 Å². The van der Waals surface area contributed by atoms with Crippen LogP contribution in [-0.4, -0.2) is 58.2 Å². The lowest BCUT2D eigenvalue weighted by atomic mass is 9.92. The zero-order chi connectivity index (χ0) is 31.6. The van der Waals surface area contributed by atoms with Gasteiger partial charge in [0.05, 0.1) is 30.2 Å². The van der Waals surface area contributed by atoms with Gasteiger partial charge in [0.1, 0.15) is 11.5 Å². The summed E-state index contributed by atoms with van der Waals surface area (Å²) in [5, 5.41) is 29.1. The third-order valence-electron chi connectivity index (χ3n) is 8.64. The molecule has 0 spiro atoms. The number of benzene rings is 2. The number of nitrogens with zero attached hydrogens (tertiary/aromatic N) is 6. The largest absolute Gasteiger partial charge is 0.388 e. The van der Waals surface area contributed by atoms with Gasteiger partial charge in [-0.15, -0.1) is 10.2 Å². The van der Waals surface area contributed by atoms with Gasteiger partial charge in [0, 0.05) is 29.7 Å². The molecule has 236 valence electrons. The van der Waals surface area contributed by atoms with Crippen molar-refractivity contribution in [2.45, 2.75) is 89.9 Å². The number of aromatic amines is 1. The van der Waals surface area contributed by atoms with Gasteiger partial charge in [0.15, 0.2) is 0 Å². The summed E-state index contributed by atoms with van der Waals surface area (Å²) in [7, 11) is 0. The van der Waals surface area contributed by atoms with Crippen LogP contribution in [0.1, 0.15) is 82.2 Å². The number of tetrazole rings is 1. The van der Waals surface area contributed by atoms with Gasteiger partial charge >= 0.3 is 0 Å². The Labute approximate surface area is 261 Å². The van der Waals surface area contributed by atoms with Gasteiger partial charge < -0.3 is 9.84 Å². The van der Waals surface area contributed by atoms with Gasteiger partial charge in [-0.2, -0.15) is 10.3 Å². The quantitative estimate of drug-likeness (QED) is 0.196. The lowest BCUT2D eigenvalue weighted by Crippen LogP contribution is -2.36. The lowest BCUT2D eigenvalue weighted by Gasteiger charge is -2.32. The number of unbranched alkanes of at least 4 members (excludes halogenated alkanes) is 1. The van der Waals surface area contributed by atoms with Crippen molar-refractivity contribution < 1.29 is 14.2 Å². The summed E-state index contributed by atoms with van der Waals surface area (Å²) < 4.78 is 25.6. The van der Waals surface area contributed by atoms with Gasteiger partial charge in [-0.05, 0) is 80.3 Å². The van der Waals surface area contributed by atoms with Crippen LogP contribution in [0, 0.1) is 5.82 Å². The van der Waals surface area contributed by atoms with E-state index in [1.165, 1.54) is 6.07 Å². The first-order valence-electron chi connectivity index (χ1n) is 15.8. The lowest BCUT2D eigenvalue weighted by molar-refractivity contribution is -0.0654. The standard InChI is InChI=1S/C34H40FN7O3/c1-4-5-10-30-28(19-23-12-11-22(20-29(23)35)26-8-6-7-9-27(26)32-37-39-40-38-32)33(43)41(31-17-18-36-42(30)31)24-13-15-25(16-14-24)45-21-34(2,3)44/h6-9,11-12,17-18,20,24-25,44H,4-5,10,13-16,19,21H2,1-3H3,(H,37,38,39,40). The van der Waals surface area contributed by atoms with Crippen LogP contribution in [0.2, 0.25) is 0 Å². The Balaban J connectivity index is 1.34. The van der Waals surface area contributed by atoms with Crippen LogP contribution in [-0.2, 0) is 17.6 Å². The molecule has 11 heteroatoms. The summed E-state index contributed by atoms with van der Waals surface area (Å²) in [6.45, 7) is 5.87. The Morgan fingerprint density at radius 1 is 1.09 bits per heavy atom. The predicted octanol–water partition coefficient (Wildman–Crippen LogP) is 5.69. The van der Waals surface area contributed by atoms with Crippen LogP contribution in [0.15, 0.2) is 59.5 Å². The van der Waals surface area contributed by atoms with Gasteiger partial charge in [0.25, 0.3) is 5.56 Å². The van der Waals surface area contributed by atoms with E-state index in [1.54, 1.807) is 26.1 Å². The molecule has 0 atom stereocenters. The molecule has 3 aromatic heterocycles. The van der Waals surface area contributed by atoms with Gasteiger partial charge in [-0.25, -0.2) is 8.91 Å². The van der Waals surface area contributed by atoms with Crippen LogP contribution in [0.5, 0.6) is 0 Å². The summed E-state index contributed by atoms with van der Waals surface area (Å²) >= 11 is 0. The third-order valence-corrected chi connectivity index (χ3v) is 8.64. The number of aliphatic hydroxyl groups is 1. The van der Waals surface area contributed by atoms with Crippen molar-refractivity contribution in [1.29, 1.82) is 0 Å². The Morgan fingerprint density at radius 2 is 1.87 bits per heavy atom. The second kappa shape index (κ2) is 13.0. The van der Waals surface area contributed by atoms with Crippen molar-refractivity contribution in [3.8, 4) is 22.5 Å². The number of hydrogen-bond acceptors (Lipinski definition) is 7. The van der Waals surface area contributed by atoms with Crippen LogP contribution < -0.4 is 5.56 Å². The number of H-pyrrole nitrogens is 1. The predicted molar refractivity (Wildman–Crippen MR) is 169 cm³/mol. The molecule has 2 aromatic carbocycles. The molecule has 1 fully saturated rings. The first-order chi connectivity index (χ1) is 21.7. The molecule has 3 heterocycles. The highest BCUT2D eigenvalue weighted by Gasteiger charge is 2.29. The summed E-state index contributed by atoms with van der Waals surface area (Å²) in [5.74, 6) is 0.0504. The van der Waals surface area contributed by atoms with E-state index in [9.17, 15) is 9.90 Å². The minimum Gasteiger partial charge on any atom is -0.388 e. The average Bonchev–Trinajstić information content (AvgIpc) is 3.74. The van der Waals surface area contributed by atoms with E-state index < -0.39 is 5.60 Å². The average molecular weight is 614 g/mol. The first kappa shape index (κ1) is 30.8. The monoisotopic (exact) mass is 613 g/mol. The summed E-state index contributed by atoms with van der Waals surface area (Å²) in [6, 6.07) is 14.6. The van der Waals surface area contributed by atoms with Crippen molar-refractivity contribution in [3.05, 3.63) is 87.7 Å². The molecule has 0 radical (unpaired) electrons. The fraction of sp³-hybridized carbons (Fsp3) is 0.441. The molecule has 0 aliphatic heterocycles. The molecular weight excluding hydrogens is 573 g/mol. The van der Waals surface area contributed by atoms with Crippen LogP contribution in [0.4, 0.5) is 4.39 Å². The number of ether oxygens (including phenoxy) is 1. The summed E-state index contributed by atoms with van der Waals surface area (Å²) in [5.41, 5.74) is 3.89. The van der Waals surface area contributed by atoms with E-state index in [1.807, 2.05) is 45.5 Å². The molecule has 0 saturated heterocycles. The first-order valence-corrected chi connectivity index (χ1v) is 15.8. The Morgan fingerprint density at radius 3 is 2.56 bits per heavy atom. The minimum atomic E-state index is -0.883. The van der Waals surface area contributed by atoms with Crippen molar-refractivity contribution >= 4 is 5.65 Å². The molecule has 1 aliphatic rings. The highest BCUT2D eigenvalue weighted by Crippen LogP contribution is 2.33. The highest BCUT2D eigenvalue weighted by atomic mass is 19.1.